The summed E-state index contributed by atoms with van der Waals surface area (Å²) >= 11 is 0. The van der Waals surface area contributed by atoms with Crippen molar-refractivity contribution in [1.29, 1.82) is 0 Å². The van der Waals surface area contributed by atoms with E-state index in [0.29, 0.717) is 18.2 Å². The van der Waals surface area contributed by atoms with Crippen LogP contribution in [0.5, 0.6) is 0 Å². The molecule has 1 aliphatic carbocycles. The minimum absolute atomic E-state index is 0.494. The molecule has 0 saturated carbocycles. The molecule has 0 N–H and O–H groups in total. The van der Waals surface area contributed by atoms with Crippen molar-refractivity contribution in [3.63, 3.8) is 0 Å². The zero-order valence-electron chi connectivity index (χ0n) is 13.9. The van der Waals surface area contributed by atoms with Crippen LogP contribution in [0.4, 0.5) is 48.3 Å². The number of hydrogen-bond acceptors (Lipinski definition) is 0. The molecule has 0 aromatic heterocycles. The SMILES string of the molecule is Fc1cccc(-c2c(F)c(F)c(F)c3c2C(F)(F)c2c(F)c(F)c(F)c(F)c2-3)c1F. The normalized spacial score (nSPS) is 14.1. The van der Waals surface area contributed by atoms with E-state index in [-0.39, 0.29) is 0 Å². The Hall–Kier alpha value is -3.11. The smallest absolute Gasteiger partial charge is 0.204 e. The first kappa shape index (κ1) is 20.2. The predicted molar refractivity (Wildman–Crippen MR) is 79.9 cm³/mol. The molecule has 0 atom stereocenters. The highest BCUT2D eigenvalue weighted by Crippen LogP contribution is 2.58. The molecule has 30 heavy (non-hydrogen) atoms. The zero-order valence-corrected chi connectivity index (χ0v) is 13.9. The summed E-state index contributed by atoms with van der Waals surface area (Å²) in [6, 6.07) is 1.72. The molecular weight excluding hydrogens is 437 g/mol. The Balaban J connectivity index is 2.28. The van der Waals surface area contributed by atoms with Gasteiger partial charge in [-0.15, -0.1) is 0 Å². The molecule has 0 fully saturated rings. The maximum Gasteiger partial charge on any atom is 0.303 e. The second kappa shape index (κ2) is 6.19. The summed E-state index contributed by atoms with van der Waals surface area (Å²) < 4.78 is 156. The number of fused-ring (bicyclic) bond motifs is 3. The monoisotopic (exact) mass is 440 g/mol. The van der Waals surface area contributed by atoms with E-state index >= 15 is 0 Å². The predicted octanol–water partition coefficient (Wildman–Crippen LogP) is 6.73. The number of alkyl halides is 2. The number of halogens is 11. The Morgan fingerprint density at radius 2 is 0.933 bits per heavy atom. The number of hydrogen-bond donors (Lipinski definition) is 0. The Morgan fingerprint density at radius 1 is 0.467 bits per heavy atom. The average Bonchev–Trinajstić information content (AvgIpc) is 2.94. The van der Waals surface area contributed by atoms with E-state index in [0.717, 1.165) is 0 Å². The van der Waals surface area contributed by atoms with Crippen molar-refractivity contribution < 1.29 is 48.3 Å². The summed E-state index contributed by atoms with van der Waals surface area (Å²) in [5.41, 5.74) is -11.1. The highest BCUT2D eigenvalue weighted by molar-refractivity contribution is 5.88. The molecule has 0 heterocycles. The van der Waals surface area contributed by atoms with E-state index in [1.165, 1.54) is 0 Å². The quantitative estimate of drug-likeness (QED) is 0.224. The summed E-state index contributed by atoms with van der Waals surface area (Å²) in [5.74, 6) is -26.5. The van der Waals surface area contributed by atoms with Crippen LogP contribution in [0.1, 0.15) is 11.1 Å². The second-order valence-electron chi connectivity index (χ2n) is 6.25. The van der Waals surface area contributed by atoms with Gasteiger partial charge in [0, 0.05) is 27.8 Å². The van der Waals surface area contributed by atoms with E-state index < -0.39 is 91.7 Å². The first-order valence-corrected chi connectivity index (χ1v) is 7.82. The molecule has 0 radical (unpaired) electrons. The maximum absolute atomic E-state index is 15.0. The Kier molecular flexibility index (Phi) is 4.16. The first-order chi connectivity index (χ1) is 13.9. The van der Waals surface area contributed by atoms with Crippen molar-refractivity contribution in [2.24, 2.45) is 0 Å². The molecule has 3 aromatic carbocycles. The first-order valence-electron chi connectivity index (χ1n) is 7.82. The Bertz CT molecular complexity index is 1260. The maximum atomic E-state index is 15.0. The van der Waals surface area contributed by atoms with E-state index in [1.54, 1.807) is 0 Å². The van der Waals surface area contributed by atoms with Gasteiger partial charge in [0.1, 0.15) is 0 Å². The van der Waals surface area contributed by atoms with Gasteiger partial charge in [-0.25, -0.2) is 39.5 Å². The molecule has 4 rings (SSSR count). The second-order valence-corrected chi connectivity index (χ2v) is 6.25. The van der Waals surface area contributed by atoms with Gasteiger partial charge in [-0.05, 0) is 6.07 Å². The Morgan fingerprint density at radius 3 is 1.53 bits per heavy atom. The van der Waals surface area contributed by atoms with Gasteiger partial charge in [0.2, 0.25) is 0 Å². The van der Waals surface area contributed by atoms with Crippen LogP contribution >= 0.6 is 0 Å². The lowest BCUT2D eigenvalue weighted by molar-refractivity contribution is 0.0430. The third-order valence-electron chi connectivity index (χ3n) is 4.69. The van der Waals surface area contributed by atoms with E-state index in [9.17, 15) is 48.3 Å². The van der Waals surface area contributed by atoms with Crippen molar-refractivity contribution in [2.75, 3.05) is 0 Å². The lowest BCUT2D eigenvalue weighted by atomic mass is 9.92. The van der Waals surface area contributed by atoms with Gasteiger partial charge in [-0.2, -0.15) is 8.78 Å². The van der Waals surface area contributed by atoms with Crippen LogP contribution in [0.2, 0.25) is 0 Å². The van der Waals surface area contributed by atoms with Crippen molar-refractivity contribution >= 4 is 0 Å². The molecule has 11 heteroatoms. The average molecular weight is 440 g/mol. The van der Waals surface area contributed by atoms with Gasteiger partial charge >= 0.3 is 5.92 Å². The van der Waals surface area contributed by atoms with Crippen LogP contribution in [-0.2, 0) is 5.92 Å². The Labute approximate surface area is 159 Å². The molecule has 0 amide bonds. The highest BCUT2D eigenvalue weighted by atomic mass is 19.3. The molecule has 3 aromatic rings. The standard InChI is InChI=1S/C19H3F11/c20-5-3-1-2-4(11(5)21)6-9-7(13(23)16(26)12(6)22)8-10(19(9,29)30)15(25)18(28)17(27)14(8)24/h1-3H. The van der Waals surface area contributed by atoms with Gasteiger partial charge < -0.3 is 0 Å². The van der Waals surface area contributed by atoms with E-state index in [4.69, 9.17) is 0 Å². The van der Waals surface area contributed by atoms with Gasteiger partial charge in [-0.1, -0.05) is 12.1 Å². The van der Waals surface area contributed by atoms with Crippen molar-refractivity contribution in [2.45, 2.75) is 5.92 Å². The van der Waals surface area contributed by atoms with Crippen LogP contribution in [-0.4, -0.2) is 0 Å². The largest absolute Gasteiger partial charge is 0.303 e. The fraction of sp³-hybridized carbons (Fsp3) is 0.0526. The van der Waals surface area contributed by atoms with E-state index in [2.05, 4.69) is 0 Å². The zero-order chi connectivity index (χ0) is 22.3. The molecule has 1 aliphatic rings. The third-order valence-corrected chi connectivity index (χ3v) is 4.69. The summed E-state index contributed by atoms with van der Waals surface area (Å²) in [4.78, 5) is 0. The van der Waals surface area contributed by atoms with Gasteiger partial charge in [0.05, 0.1) is 5.56 Å². The molecule has 0 unspecified atom stereocenters. The molecular formula is C19H3F11. The molecule has 0 aliphatic heterocycles. The lowest BCUT2D eigenvalue weighted by Gasteiger charge is -2.19. The lowest BCUT2D eigenvalue weighted by Crippen LogP contribution is -2.18. The molecule has 0 saturated heterocycles. The van der Waals surface area contributed by atoms with Crippen LogP contribution in [0.25, 0.3) is 22.3 Å². The fourth-order valence-corrected chi connectivity index (χ4v) is 3.45. The minimum Gasteiger partial charge on any atom is -0.204 e. The minimum atomic E-state index is -4.98. The molecule has 0 spiro atoms. The summed E-state index contributed by atoms with van der Waals surface area (Å²) in [5, 5.41) is 0. The van der Waals surface area contributed by atoms with Crippen LogP contribution in [0.3, 0.4) is 0 Å². The van der Waals surface area contributed by atoms with Crippen LogP contribution < -0.4 is 0 Å². The van der Waals surface area contributed by atoms with Crippen molar-refractivity contribution in [3.8, 4) is 22.3 Å². The van der Waals surface area contributed by atoms with Crippen LogP contribution in [0, 0.1) is 52.4 Å². The molecule has 156 valence electrons. The fourth-order valence-electron chi connectivity index (χ4n) is 3.45. The topological polar surface area (TPSA) is 0 Å². The van der Waals surface area contributed by atoms with E-state index in [1.807, 2.05) is 0 Å². The summed E-state index contributed by atoms with van der Waals surface area (Å²) in [6.45, 7) is 0. The number of rotatable bonds is 1. The van der Waals surface area contributed by atoms with Crippen molar-refractivity contribution in [1.82, 2.24) is 0 Å². The van der Waals surface area contributed by atoms with Gasteiger partial charge in [0.15, 0.2) is 52.4 Å². The number of benzene rings is 3. The van der Waals surface area contributed by atoms with Gasteiger partial charge in [0.25, 0.3) is 0 Å². The third kappa shape index (κ3) is 2.28. The van der Waals surface area contributed by atoms with Crippen LogP contribution in [0.15, 0.2) is 18.2 Å². The summed E-state index contributed by atoms with van der Waals surface area (Å²) in [7, 11) is 0. The van der Waals surface area contributed by atoms with Crippen molar-refractivity contribution in [3.05, 3.63) is 81.7 Å². The highest BCUT2D eigenvalue weighted by Gasteiger charge is 2.54. The summed E-state index contributed by atoms with van der Waals surface area (Å²) in [6.07, 6.45) is 0. The van der Waals surface area contributed by atoms with Gasteiger partial charge in [-0.3, -0.25) is 0 Å². The molecule has 0 bridgehead atoms. The molecule has 0 nitrogen and oxygen atoms in total.